The van der Waals surface area contributed by atoms with Gasteiger partial charge in [0.15, 0.2) is 0 Å². The topological polar surface area (TPSA) is 92.5 Å². The molecular formula is C19H27ClFN3O3S. The highest BCUT2D eigenvalue weighted by molar-refractivity contribution is 7.93. The first-order valence-electron chi connectivity index (χ1n) is 9.71. The van der Waals surface area contributed by atoms with Crippen LogP contribution in [0.1, 0.15) is 38.5 Å². The van der Waals surface area contributed by atoms with Crippen molar-refractivity contribution >= 4 is 39.7 Å². The molecule has 0 spiro atoms. The molecule has 2 atom stereocenters. The van der Waals surface area contributed by atoms with E-state index in [4.69, 9.17) is 5.73 Å². The van der Waals surface area contributed by atoms with Crippen LogP contribution < -0.4 is 15.4 Å². The van der Waals surface area contributed by atoms with Crippen LogP contribution in [0.25, 0.3) is 0 Å². The number of halogens is 2. The van der Waals surface area contributed by atoms with Gasteiger partial charge in [-0.05, 0) is 62.1 Å². The van der Waals surface area contributed by atoms with Gasteiger partial charge in [-0.15, -0.1) is 12.4 Å². The van der Waals surface area contributed by atoms with E-state index in [9.17, 15) is 17.6 Å². The van der Waals surface area contributed by atoms with Gasteiger partial charge in [0, 0.05) is 24.2 Å². The fourth-order valence-corrected chi connectivity index (χ4v) is 6.50. The fourth-order valence-electron chi connectivity index (χ4n) is 4.94. The van der Waals surface area contributed by atoms with Crippen LogP contribution in [-0.4, -0.2) is 32.7 Å². The molecule has 2 aliphatic carbocycles. The smallest absolute Gasteiger partial charge is 0.235 e. The first-order valence-corrected chi connectivity index (χ1v) is 11.3. The van der Waals surface area contributed by atoms with E-state index < -0.39 is 15.8 Å². The molecule has 2 bridgehead atoms. The molecule has 1 aromatic carbocycles. The molecule has 4 rings (SSSR count). The summed E-state index contributed by atoms with van der Waals surface area (Å²) in [5, 5.41) is 2.87. The molecule has 2 saturated carbocycles. The van der Waals surface area contributed by atoms with Crippen LogP contribution in [-0.2, 0) is 14.8 Å². The summed E-state index contributed by atoms with van der Waals surface area (Å²) in [6, 6.07) is 4.31. The Balaban J connectivity index is 0.00000225. The summed E-state index contributed by atoms with van der Waals surface area (Å²) < 4.78 is 39.5. The molecule has 28 heavy (non-hydrogen) atoms. The Kier molecular flexibility index (Phi) is 6.22. The zero-order valence-electron chi connectivity index (χ0n) is 15.6. The zero-order valence-corrected chi connectivity index (χ0v) is 17.3. The van der Waals surface area contributed by atoms with E-state index in [1.54, 1.807) is 0 Å². The molecule has 1 saturated heterocycles. The average Bonchev–Trinajstić information content (AvgIpc) is 2.95. The Bertz CT molecular complexity index is 837. The number of sulfonamides is 1. The highest BCUT2D eigenvalue weighted by Crippen LogP contribution is 2.42. The van der Waals surface area contributed by atoms with Crippen LogP contribution >= 0.6 is 12.4 Å². The number of carbonyl (C=O) groups is 1. The monoisotopic (exact) mass is 431 g/mol. The minimum atomic E-state index is -3.48. The van der Waals surface area contributed by atoms with Crippen LogP contribution in [0.2, 0.25) is 0 Å². The molecule has 0 radical (unpaired) electrons. The quantitative estimate of drug-likeness (QED) is 0.769. The Morgan fingerprint density at radius 2 is 1.86 bits per heavy atom. The second kappa shape index (κ2) is 8.16. The molecule has 9 heteroatoms. The van der Waals surface area contributed by atoms with Crippen LogP contribution in [0.5, 0.6) is 0 Å². The molecule has 1 amide bonds. The molecule has 6 nitrogen and oxygen atoms in total. The van der Waals surface area contributed by atoms with Gasteiger partial charge in [-0.1, -0.05) is 6.42 Å². The molecule has 1 heterocycles. The van der Waals surface area contributed by atoms with Crippen molar-refractivity contribution in [1.29, 1.82) is 0 Å². The van der Waals surface area contributed by atoms with Crippen LogP contribution in [0.4, 0.5) is 15.8 Å². The molecule has 0 aromatic heterocycles. The van der Waals surface area contributed by atoms with Crippen molar-refractivity contribution in [3.63, 3.8) is 0 Å². The van der Waals surface area contributed by atoms with Gasteiger partial charge in [0.2, 0.25) is 15.9 Å². The normalized spacial score (nSPS) is 31.1. The van der Waals surface area contributed by atoms with E-state index in [0.29, 0.717) is 23.9 Å². The largest absolute Gasteiger partial charge is 0.327 e. The van der Waals surface area contributed by atoms with Crippen LogP contribution in [0.3, 0.4) is 0 Å². The number of nitrogens with two attached hydrogens (primary N) is 1. The summed E-state index contributed by atoms with van der Waals surface area (Å²) in [5.74, 6) is 0.0358. The third-order valence-corrected chi connectivity index (χ3v) is 8.22. The number of anilines is 2. The van der Waals surface area contributed by atoms with Crippen LogP contribution in [0.15, 0.2) is 18.2 Å². The van der Waals surface area contributed by atoms with Crippen molar-refractivity contribution in [2.75, 3.05) is 21.9 Å². The van der Waals surface area contributed by atoms with Crippen molar-refractivity contribution < 1.29 is 17.6 Å². The number of amides is 1. The Hall–Kier alpha value is -1.38. The van der Waals surface area contributed by atoms with E-state index in [-0.39, 0.29) is 48.3 Å². The van der Waals surface area contributed by atoms with Gasteiger partial charge in [-0.2, -0.15) is 0 Å². The maximum atomic E-state index is 14.2. The Labute approximate surface area is 171 Å². The van der Waals surface area contributed by atoms with Gasteiger partial charge >= 0.3 is 0 Å². The second-order valence-electron chi connectivity index (χ2n) is 8.09. The predicted octanol–water partition coefficient (Wildman–Crippen LogP) is 2.88. The number of hydrogen-bond acceptors (Lipinski definition) is 4. The third kappa shape index (κ3) is 4.00. The first-order chi connectivity index (χ1) is 12.8. The maximum absolute atomic E-state index is 14.2. The summed E-state index contributed by atoms with van der Waals surface area (Å²) in [6.07, 6.45) is 5.40. The molecule has 3 aliphatic rings. The third-order valence-electron chi connectivity index (χ3n) is 6.37. The summed E-state index contributed by atoms with van der Waals surface area (Å²) in [5.41, 5.74) is 6.73. The molecule has 3 N–H and O–H groups in total. The van der Waals surface area contributed by atoms with Crippen LogP contribution in [0, 0.1) is 23.6 Å². The van der Waals surface area contributed by atoms with Crippen molar-refractivity contribution in [2.24, 2.45) is 23.5 Å². The average molecular weight is 432 g/mol. The fraction of sp³-hybridized carbons (Fsp3) is 0.632. The zero-order chi connectivity index (χ0) is 19.2. The molecule has 156 valence electrons. The van der Waals surface area contributed by atoms with E-state index in [1.165, 1.54) is 24.6 Å². The van der Waals surface area contributed by atoms with E-state index in [0.717, 1.165) is 30.0 Å². The summed E-state index contributed by atoms with van der Waals surface area (Å²) in [6.45, 7) is 0.264. The molecule has 1 aliphatic heterocycles. The van der Waals surface area contributed by atoms with Gasteiger partial charge in [0.25, 0.3) is 0 Å². The number of rotatable bonds is 3. The summed E-state index contributed by atoms with van der Waals surface area (Å²) in [4.78, 5) is 12.8. The second-order valence-corrected chi connectivity index (χ2v) is 10.1. The van der Waals surface area contributed by atoms with Gasteiger partial charge in [0.05, 0.1) is 11.4 Å². The van der Waals surface area contributed by atoms with Crippen molar-refractivity contribution in [3.8, 4) is 0 Å². The van der Waals surface area contributed by atoms with E-state index in [1.807, 2.05) is 0 Å². The van der Waals surface area contributed by atoms with E-state index in [2.05, 4.69) is 5.32 Å². The standard InChI is InChI=1S/C19H26FN3O3S.ClH/c20-16-6-5-15(11-17(16)23-7-2-8-27(23,25)26)22-19(24)14-9-12-3-1-4-13(10-14)18(12)21;/h5-6,11-14,18H,1-4,7-10,21H2,(H,22,24);1H. The van der Waals surface area contributed by atoms with Gasteiger partial charge in [0.1, 0.15) is 5.82 Å². The Morgan fingerprint density at radius 3 is 2.46 bits per heavy atom. The number of hydrogen-bond donors (Lipinski definition) is 2. The number of nitrogens with one attached hydrogen (secondary N) is 1. The van der Waals surface area contributed by atoms with Gasteiger partial charge in [-0.25, -0.2) is 12.8 Å². The maximum Gasteiger partial charge on any atom is 0.235 e. The van der Waals surface area contributed by atoms with Gasteiger partial charge in [-0.3, -0.25) is 9.10 Å². The lowest BCUT2D eigenvalue weighted by molar-refractivity contribution is -0.122. The molecule has 3 fully saturated rings. The van der Waals surface area contributed by atoms with Crippen molar-refractivity contribution in [1.82, 2.24) is 0 Å². The molecule has 1 aromatic rings. The lowest BCUT2D eigenvalue weighted by Crippen LogP contribution is -2.48. The minimum absolute atomic E-state index is 0. The minimum Gasteiger partial charge on any atom is -0.327 e. The summed E-state index contributed by atoms with van der Waals surface area (Å²) in [7, 11) is -3.48. The van der Waals surface area contributed by atoms with Crippen molar-refractivity contribution in [3.05, 3.63) is 24.0 Å². The Morgan fingerprint density at radius 1 is 1.18 bits per heavy atom. The lowest BCUT2D eigenvalue weighted by atomic mass is 9.65. The molecule has 2 unspecified atom stereocenters. The first kappa shape index (κ1) is 21.3. The summed E-state index contributed by atoms with van der Waals surface area (Å²) >= 11 is 0. The van der Waals surface area contributed by atoms with E-state index >= 15 is 0 Å². The number of benzene rings is 1. The molecular weight excluding hydrogens is 405 g/mol. The highest BCUT2D eigenvalue weighted by atomic mass is 35.5. The predicted molar refractivity (Wildman–Crippen MR) is 110 cm³/mol. The lowest BCUT2D eigenvalue weighted by Gasteiger charge is -2.43. The number of nitrogens with zero attached hydrogens (tertiary/aromatic N) is 1. The number of fused-ring (bicyclic) bond motifs is 2. The van der Waals surface area contributed by atoms with Gasteiger partial charge < -0.3 is 11.1 Å². The SMILES string of the molecule is Cl.NC1C2CCCC1CC(C(=O)Nc1ccc(F)c(N3CCCS3(=O)=O)c1)C2. The van der Waals surface area contributed by atoms with Crippen molar-refractivity contribution in [2.45, 2.75) is 44.6 Å². The highest BCUT2D eigenvalue weighted by Gasteiger charge is 2.40. The number of carbonyl (C=O) groups excluding carboxylic acids is 1.